The lowest BCUT2D eigenvalue weighted by Crippen LogP contribution is -2.30. The van der Waals surface area contributed by atoms with Crippen molar-refractivity contribution in [2.45, 2.75) is 32.1 Å². The van der Waals surface area contributed by atoms with E-state index in [2.05, 4.69) is 18.7 Å². The molecule has 1 aliphatic carbocycles. The molecule has 0 N–H and O–H groups in total. The van der Waals surface area contributed by atoms with Gasteiger partial charge in [0.05, 0.1) is 5.41 Å². The maximum absolute atomic E-state index is 12.2. The summed E-state index contributed by atoms with van der Waals surface area (Å²) in [4.78, 5) is 14.5. The van der Waals surface area contributed by atoms with Crippen LogP contribution in [0, 0.1) is 0 Å². The molecular formula is C16H23NO2. The summed E-state index contributed by atoms with van der Waals surface area (Å²) in [6, 6.07) is 10.00. The average Bonchev–Trinajstić information content (AvgIpc) is 3.26. The van der Waals surface area contributed by atoms with E-state index in [0.717, 1.165) is 38.0 Å². The Balaban J connectivity index is 1.87. The first-order valence-electron chi connectivity index (χ1n) is 7.18. The quantitative estimate of drug-likeness (QED) is 0.707. The van der Waals surface area contributed by atoms with E-state index in [1.165, 1.54) is 0 Å². The Hall–Kier alpha value is -1.35. The van der Waals surface area contributed by atoms with Gasteiger partial charge in [0, 0.05) is 6.54 Å². The van der Waals surface area contributed by atoms with E-state index in [1.807, 2.05) is 30.3 Å². The zero-order chi connectivity index (χ0) is 13.7. The topological polar surface area (TPSA) is 29.5 Å². The summed E-state index contributed by atoms with van der Waals surface area (Å²) in [6.07, 6.45) is 1.84. The Morgan fingerprint density at radius 1 is 1.21 bits per heavy atom. The minimum atomic E-state index is -0.343. The Labute approximate surface area is 115 Å². The molecule has 19 heavy (non-hydrogen) atoms. The van der Waals surface area contributed by atoms with Crippen LogP contribution in [0.1, 0.15) is 32.3 Å². The minimum absolute atomic E-state index is 0.0501. The summed E-state index contributed by atoms with van der Waals surface area (Å²) >= 11 is 0. The fraction of sp³-hybridized carbons (Fsp3) is 0.562. The van der Waals surface area contributed by atoms with Gasteiger partial charge in [-0.3, -0.25) is 4.79 Å². The maximum Gasteiger partial charge on any atom is 0.316 e. The van der Waals surface area contributed by atoms with E-state index in [4.69, 9.17) is 4.74 Å². The van der Waals surface area contributed by atoms with E-state index < -0.39 is 0 Å². The van der Waals surface area contributed by atoms with E-state index in [1.54, 1.807) is 0 Å². The lowest BCUT2D eigenvalue weighted by molar-refractivity contribution is -0.147. The molecule has 104 valence electrons. The molecule has 0 saturated heterocycles. The molecule has 1 aromatic carbocycles. The standard InChI is InChI=1S/C16H23NO2/c1-3-17(4-2)12-13-19-15(18)16(10-11-16)14-8-6-5-7-9-14/h5-9H,3-4,10-13H2,1-2H3. The van der Waals surface area contributed by atoms with Crippen LogP contribution in [0.25, 0.3) is 0 Å². The van der Waals surface area contributed by atoms with E-state index in [-0.39, 0.29) is 11.4 Å². The van der Waals surface area contributed by atoms with E-state index >= 15 is 0 Å². The van der Waals surface area contributed by atoms with Crippen molar-refractivity contribution in [1.82, 2.24) is 4.90 Å². The smallest absolute Gasteiger partial charge is 0.316 e. The molecule has 0 radical (unpaired) electrons. The Kier molecular flexibility index (Phi) is 4.59. The Morgan fingerprint density at radius 3 is 2.37 bits per heavy atom. The van der Waals surface area contributed by atoms with Gasteiger partial charge in [-0.15, -0.1) is 0 Å². The van der Waals surface area contributed by atoms with Gasteiger partial charge in [0.1, 0.15) is 6.61 Å². The van der Waals surface area contributed by atoms with Gasteiger partial charge < -0.3 is 9.64 Å². The van der Waals surface area contributed by atoms with Crippen LogP contribution in [0.4, 0.5) is 0 Å². The van der Waals surface area contributed by atoms with Crippen LogP contribution in [-0.2, 0) is 14.9 Å². The predicted octanol–water partition coefficient (Wildman–Crippen LogP) is 2.60. The summed E-state index contributed by atoms with van der Waals surface area (Å²) in [5, 5.41) is 0. The van der Waals surface area contributed by atoms with Crippen LogP contribution >= 0.6 is 0 Å². The zero-order valence-corrected chi connectivity index (χ0v) is 11.9. The third kappa shape index (κ3) is 3.16. The third-order valence-electron chi connectivity index (χ3n) is 4.00. The fourth-order valence-corrected chi connectivity index (χ4v) is 2.44. The van der Waals surface area contributed by atoms with Gasteiger partial charge in [-0.2, -0.15) is 0 Å². The number of rotatable bonds is 7. The van der Waals surface area contributed by atoms with Gasteiger partial charge in [-0.05, 0) is 31.5 Å². The molecule has 0 aliphatic heterocycles. The molecule has 0 spiro atoms. The SMILES string of the molecule is CCN(CC)CCOC(=O)C1(c2ccccc2)CC1. The van der Waals surface area contributed by atoms with E-state index in [0.29, 0.717) is 6.61 Å². The van der Waals surface area contributed by atoms with Gasteiger partial charge in [0.15, 0.2) is 0 Å². The molecule has 0 atom stereocenters. The molecule has 0 bridgehead atoms. The Morgan fingerprint density at radius 2 is 1.84 bits per heavy atom. The van der Waals surface area contributed by atoms with Crippen molar-refractivity contribution in [3.05, 3.63) is 35.9 Å². The van der Waals surface area contributed by atoms with Crippen molar-refractivity contribution in [1.29, 1.82) is 0 Å². The summed E-state index contributed by atoms with van der Waals surface area (Å²) in [5.74, 6) is -0.0501. The number of carbonyl (C=O) groups excluding carboxylic acids is 1. The van der Waals surface area contributed by atoms with Crippen molar-refractivity contribution in [3.63, 3.8) is 0 Å². The number of carbonyl (C=O) groups is 1. The van der Waals surface area contributed by atoms with Gasteiger partial charge >= 0.3 is 5.97 Å². The van der Waals surface area contributed by atoms with Crippen molar-refractivity contribution in [2.75, 3.05) is 26.2 Å². The average molecular weight is 261 g/mol. The molecule has 2 rings (SSSR count). The maximum atomic E-state index is 12.2. The van der Waals surface area contributed by atoms with Gasteiger partial charge in [-0.1, -0.05) is 44.2 Å². The predicted molar refractivity (Wildman–Crippen MR) is 76.1 cm³/mol. The Bertz CT molecular complexity index is 408. The van der Waals surface area contributed by atoms with Crippen LogP contribution in [0.5, 0.6) is 0 Å². The third-order valence-corrected chi connectivity index (χ3v) is 4.00. The first-order chi connectivity index (χ1) is 9.23. The molecule has 0 unspecified atom stereocenters. The highest BCUT2D eigenvalue weighted by atomic mass is 16.5. The molecule has 0 aromatic heterocycles. The zero-order valence-electron chi connectivity index (χ0n) is 11.9. The van der Waals surface area contributed by atoms with Crippen molar-refractivity contribution >= 4 is 5.97 Å². The van der Waals surface area contributed by atoms with E-state index in [9.17, 15) is 4.79 Å². The number of esters is 1. The molecule has 0 heterocycles. The molecule has 1 aromatic rings. The van der Waals surface area contributed by atoms with Crippen LogP contribution in [0.15, 0.2) is 30.3 Å². The summed E-state index contributed by atoms with van der Waals surface area (Å²) in [6.45, 7) is 7.56. The lowest BCUT2D eigenvalue weighted by Gasteiger charge is -2.19. The summed E-state index contributed by atoms with van der Waals surface area (Å²) in [5.41, 5.74) is 0.757. The summed E-state index contributed by atoms with van der Waals surface area (Å²) in [7, 11) is 0. The highest BCUT2D eigenvalue weighted by molar-refractivity contribution is 5.86. The molecule has 3 heteroatoms. The number of ether oxygens (including phenoxy) is 1. The first kappa shape index (κ1) is 14.1. The number of likely N-dealkylation sites (N-methyl/N-ethyl adjacent to an activating group) is 1. The molecule has 0 amide bonds. The highest BCUT2D eigenvalue weighted by Crippen LogP contribution is 2.49. The number of nitrogens with zero attached hydrogens (tertiary/aromatic N) is 1. The van der Waals surface area contributed by atoms with Crippen LogP contribution in [-0.4, -0.2) is 37.1 Å². The second-order valence-corrected chi connectivity index (χ2v) is 5.11. The van der Waals surface area contributed by atoms with Gasteiger partial charge in [0.2, 0.25) is 0 Å². The van der Waals surface area contributed by atoms with Gasteiger partial charge in [-0.25, -0.2) is 0 Å². The minimum Gasteiger partial charge on any atom is -0.464 e. The largest absolute Gasteiger partial charge is 0.464 e. The fourth-order valence-electron chi connectivity index (χ4n) is 2.44. The molecular weight excluding hydrogens is 238 g/mol. The number of hydrogen-bond donors (Lipinski definition) is 0. The van der Waals surface area contributed by atoms with Crippen molar-refractivity contribution in [3.8, 4) is 0 Å². The van der Waals surface area contributed by atoms with Crippen molar-refractivity contribution in [2.24, 2.45) is 0 Å². The molecule has 1 aliphatic rings. The van der Waals surface area contributed by atoms with Crippen molar-refractivity contribution < 1.29 is 9.53 Å². The number of hydrogen-bond acceptors (Lipinski definition) is 3. The summed E-state index contributed by atoms with van der Waals surface area (Å²) < 4.78 is 5.48. The second-order valence-electron chi connectivity index (χ2n) is 5.11. The molecule has 1 saturated carbocycles. The number of benzene rings is 1. The lowest BCUT2D eigenvalue weighted by atomic mass is 9.96. The van der Waals surface area contributed by atoms with Gasteiger partial charge in [0.25, 0.3) is 0 Å². The second kappa shape index (κ2) is 6.20. The first-order valence-corrected chi connectivity index (χ1v) is 7.18. The normalized spacial score (nSPS) is 16.4. The monoisotopic (exact) mass is 261 g/mol. The molecule has 3 nitrogen and oxygen atoms in total. The molecule has 1 fully saturated rings. The van der Waals surface area contributed by atoms with Crippen LogP contribution in [0.2, 0.25) is 0 Å². The van der Waals surface area contributed by atoms with Crippen LogP contribution < -0.4 is 0 Å². The highest BCUT2D eigenvalue weighted by Gasteiger charge is 2.52. The van der Waals surface area contributed by atoms with Crippen LogP contribution in [0.3, 0.4) is 0 Å².